The van der Waals surface area contributed by atoms with E-state index in [0.29, 0.717) is 5.92 Å². The van der Waals surface area contributed by atoms with Crippen LogP contribution in [-0.4, -0.2) is 11.7 Å². The van der Waals surface area contributed by atoms with Crippen molar-refractivity contribution in [3.63, 3.8) is 0 Å². The molecule has 17 heavy (non-hydrogen) atoms. The minimum Gasteiger partial charge on any atom is -0.396 e. The van der Waals surface area contributed by atoms with E-state index in [1.807, 2.05) is 0 Å². The molecule has 0 heterocycles. The molecule has 3 rings (SSSR count). The van der Waals surface area contributed by atoms with E-state index in [0.717, 1.165) is 12.8 Å². The molecule has 0 spiro atoms. The van der Waals surface area contributed by atoms with Gasteiger partial charge in [-0.1, -0.05) is 48.5 Å². The minimum absolute atomic E-state index is 0.243. The quantitative estimate of drug-likeness (QED) is 0.831. The summed E-state index contributed by atoms with van der Waals surface area (Å²) in [4.78, 5) is 0. The molecule has 0 amide bonds. The van der Waals surface area contributed by atoms with Crippen LogP contribution < -0.4 is 0 Å². The van der Waals surface area contributed by atoms with Crippen molar-refractivity contribution in [2.45, 2.75) is 18.8 Å². The van der Waals surface area contributed by atoms with Crippen LogP contribution in [0, 0.1) is 0 Å². The predicted octanol–water partition coefficient (Wildman–Crippen LogP) is 3.11. The molecule has 0 atom stereocenters. The zero-order chi connectivity index (χ0) is 11.7. The lowest BCUT2D eigenvalue weighted by Gasteiger charge is -2.28. The lowest BCUT2D eigenvalue weighted by atomic mass is 9.77. The van der Waals surface area contributed by atoms with Gasteiger partial charge in [0.05, 0.1) is 0 Å². The van der Waals surface area contributed by atoms with E-state index in [-0.39, 0.29) is 6.61 Å². The highest BCUT2D eigenvalue weighted by molar-refractivity contribution is 5.48. The lowest BCUT2D eigenvalue weighted by molar-refractivity contribution is 0.281. The highest BCUT2D eigenvalue weighted by Gasteiger charge is 2.23. The van der Waals surface area contributed by atoms with Crippen molar-refractivity contribution in [1.29, 1.82) is 0 Å². The normalized spacial score (nSPS) is 14.2. The van der Waals surface area contributed by atoms with E-state index < -0.39 is 0 Å². The van der Waals surface area contributed by atoms with Crippen LogP contribution >= 0.6 is 0 Å². The van der Waals surface area contributed by atoms with Crippen LogP contribution in [-0.2, 0) is 6.42 Å². The minimum atomic E-state index is 0.243. The number of aliphatic hydroxyl groups excluding tert-OH is 1. The van der Waals surface area contributed by atoms with Crippen LogP contribution in [0.2, 0.25) is 0 Å². The molecule has 0 radical (unpaired) electrons. The monoisotopic (exact) mass is 224 g/mol. The second-order valence-corrected chi connectivity index (χ2v) is 4.64. The molecule has 0 unspecified atom stereocenters. The summed E-state index contributed by atoms with van der Waals surface area (Å²) in [6.45, 7) is 0.243. The third-order valence-electron chi connectivity index (χ3n) is 3.66. The maximum atomic E-state index is 9.27. The van der Waals surface area contributed by atoms with Crippen molar-refractivity contribution in [3.05, 3.63) is 70.8 Å². The zero-order valence-corrected chi connectivity index (χ0v) is 9.76. The third-order valence-corrected chi connectivity index (χ3v) is 3.66. The number of rotatable bonds is 2. The highest BCUT2D eigenvalue weighted by atomic mass is 16.3. The first-order valence-corrected chi connectivity index (χ1v) is 6.16. The molecule has 86 valence electrons. The van der Waals surface area contributed by atoms with Gasteiger partial charge >= 0.3 is 0 Å². The molecule has 1 aliphatic rings. The van der Waals surface area contributed by atoms with Crippen molar-refractivity contribution >= 4 is 0 Å². The van der Waals surface area contributed by atoms with E-state index >= 15 is 0 Å². The maximum absolute atomic E-state index is 9.27. The predicted molar refractivity (Wildman–Crippen MR) is 69.2 cm³/mol. The van der Waals surface area contributed by atoms with Gasteiger partial charge in [-0.25, -0.2) is 0 Å². The summed E-state index contributed by atoms with van der Waals surface area (Å²) >= 11 is 0. The van der Waals surface area contributed by atoms with Gasteiger partial charge < -0.3 is 5.11 Å². The van der Waals surface area contributed by atoms with Crippen LogP contribution in [0.5, 0.6) is 0 Å². The molecular weight excluding hydrogens is 208 g/mol. The molecule has 1 aliphatic carbocycles. The van der Waals surface area contributed by atoms with Gasteiger partial charge in [0, 0.05) is 12.5 Å². The molecule has 0 saturated carbocycles. The van der Waals surface area contributed by atoms with Crippen molar-refractivity contribution in [1.82, 2.24) is 0 Å². The van der Waals surface area contributed by atoms with E-state index in [2.05, 4.69) is 48.5 Å². The number of fused-ring (bicyclic) bond motifs is 2. The average Bonchev–Trinajstić information content (AvgIpc) is 2.39. The van der Waals surface area contributed by atoms with Gasteiger partial charge in [-0.2, -0.15) is 0 Å². The Balaban J connectivity index is 2.13. The fourth-order valence-electron chi connectivity index (χ4n) is 2.88. The Hall–Kier alpha value is -1.60. The van der Waals surface area contributed by atoms with Crippen molar-refractivity contribution in [2.75, 3.05) is 6.61 Å². The fourth-order valence-corrected chi connectivity index (χ4v) is 2.88. The van der Waals surface area contributed by atoms with Crippen molar-refractivity contribution < 1.29 is 5.11 Å². The zero-order valence-electron chi connectivity index (χ0n) is 9.76. The summed E-state index contributed by atoms with van der Waals surface area (Å²) in [5.41, 5.74) is 5.59. The largest absolute Gasteiger partial charge is 0.396 e. The number of hydrogen-bond acceptors (Lipinski definition) is 1. The Kier molecular flexibility index (Phi) is 2.69. The Morgan fingerprint density at radius 2 is 1.41 bits per heavy atom. The number of aliphatic hydroxyl groups is 1. The number of benzene rings is 2. The van der Waals surface area contributed by atoms with Gasteiger partial charge in [-0.3, -0.25) is 0 Å². The van der Waals surface area contributed by atoms with E-state index in [1.54, 1.807) is 0 Å². The lowest BCUT2D eigenvalue weighted by Crippen LogP contribution is -2.14. The first-order chi connectivity index (χ1) is 8.40. The summed E-state index contributed by atoms with van der Waals surface area (Å²) in [5.74, 6) is 0.362. The molecular formula is C16H16O. The molecule has 0 saturated heterocycles. The van der Waals surface area contributed by atoms with Crippen LogP contribution in [0.15, 0.2) is 48.5 Å². The van der Waals surface area contributed by atoms with Crippen LogP contribution in [0.4, 0.5) is 0 Å². The fraction of sp³-hybridized carbons (Fsp3) is 0.250. The highest BCUT2D eigenvalue weighted by Crippen LogP contribution is 2.38. The van der Waals surface area contributed by atoms with Gasteiger partial charge in [-0.15, -0.1) is 0 Å². The molecule has 2 aromatic rings. The Morgan fingerprint density at radius 3 is 1.94 bits per heavy atom. The standard InChI is InChI=1S/C16H16O/c17-10-9-16-14-7-3-1-5-12(14)11-13-6-2-4-8-15(13)16/h1-8,16-17H,9-11H2. The molecule has 0 aromatic heterocycles. The van der Waals surface area contributed by atoms with E-state index in [4.69, 9.17) is 0 Å². The van der Waals surface area contributed by atoms with Crippen LogP contribution in [0.3, 0.4) is 0 Å². The van der Waals surface area contributed by atoms with E-state index in [1.165, 1.54) is 22.3 Å². The maximum Gasteiger partial charge on any atom is 0.0440 e. The van der Waals surface area contributed by atoms with Gasteiger partial charge in [0.25, 0.3) is 0 Å². The molecule has 1 nitrogen and oxygen atoms in total. The van der Waals surface area contributed by atoms with Gasteiger partial charge in [0.15, 0.2) is 0 Å². The molecule has 0 bridgehead atoms. The molecule has 0 aliphatic heterocycles. The van der Waals surface area contributed by atoms with Crippen molar-refractivity contribution in [3.8, 4) is 0 Å². The van der Waals surface area contributed by atoms with E-state index in [9.17, 15) is 5.11 Å². The van der Waals surface area contributed by atoms with Crippen molar-refractivity contribution in [2.24, 2.45) is 0 Å². The van der Waals surface area contributed by atoms with Crippen LogP contribution in [0.25, 0.3) is 0 Å². The van der Waals surface area contributed by atoms with Gasteiger partial charge in [0.1, 0.15) is 0 Å². The molecule has 1 N–H and O–H groups in total. The topological polar surface area (TPSA) is 20.2 Å². The van der Waals surface area contributed by atoms with Crippen LogP contribution in [0.1, 0.15) is 34.6 Å². The Bertz CT molecular complexity index is 485. The summed E-state index contributed by atoms with van der Waals surface area (Å²) in [6.07, 6.45) is 1.84. The second kappa shape index (κ2) is 4.34. The Morgan fingerprint density at radius 1 is 0.882 bits per heavy atom. The van der Waals surface area contributed by atoms with Gasteiger partial charge in [0.2, 0.25) is 0 Å². The molecule has 0 fully saturated rings. The summed E-state index contributed by atoms with van der Waals surface area (Å²) in [6, 6.07) is 17.2. The summed E-state index contributed by atoms with van der Waals surface area (Å²) < 4.78 is 0. The summed E-state index contributed by atoms with van der Waals surface area (Å²) in [7, 11) is 0. The number of hydrogen-bond donors (Lipinski definition) is 1. The second-order valence-electron chi connectivity index (χ2n) is 4.64. The first kappa shape index (κ1) is 10.5. The SMILES string of the molecule is OCCC1c2ccccc2Cc2ccccc21. The molecule has 2 aromatic carbocycles. The third kappa shape index (κ3) is 1.77. The Labute approximate surface area is 102 Å². The smallest absolute Gasteiger partial charge is 0.0440 e. The van der Waals surface area contributed by atoms with Gasteiger partial charge in [-0.05, 0) is 35.1 Å². The first-order valence-electron chi connectivity index (χ1n) is 6.16. The average molecular weight is 224 g/mol. The summed E-state index contributed by atoms with van der Waals surface area (Å²) in [5, 5.41) is 9.27. The molecule has 1 heteroatoms.